The lowest BCUT2D eigenvalue weighted by atomic mass is 10.1. The molecule has 0 radical (unpaired) electrons. The SMILES string of the molecule is CNC(=O)CC[S+]([O-])C(CC(=O)NO)CC(C)C. The highest BCUT2D eigenvalue weighted by atomic mass is 32.2. The van der Waals surface area contributed by atoms with Crippen molar-refractivity contribution in [1.29, 1.82) is 0 Å². The molecule has 2 unspecified atom stereocenters. The molecule has 0 fully saturated rings. The molecule has 106 valence electrons. The summed E-state index contributed by atoms with van der Waals surface area (Å²) in [5.41, 5.74) is 1.55. The van der Waals surface area contributed by atoms with Crippen LogP contribution in [0.15, 0.2) is 0 Å². The van der Waals surface area contributed by atoms with E-state index < -0.39 is 17.1 Å². The number of hydrogen-bond donors (Lipinski definition) is 3. The minimum atomic E-state index is -1.26. The van der Waals surface area contributed by atoms with Gasteiger partial charge in [-0.2, -0.15) is 0 Å². The molecule has 0 heterocycles. The van der Waals surface area contributed by atoms with Crippen LogP contribution < -0.4 is 10.8 Å². The fourth-order valence-corrected chi connectivity index (χ4v) is 3.20. The van der Waals surface area contributed by atoms with Crippen molar-refractivity contribution >= 4 is 23.0 Å². The van der Waals surface area contributed by atoms with Crippen molar-refractivity contribution in [3.63, 3.8) is 0 Å². The number of carbonyl (C=O) groups excluding carboxylic acids is 2. The molecule has 0 aliphatic heterocycles. The Morgan fingerprint density at radius 3 is 2.39 bits per heavy atom. The predicted molar refractivity (Wildman–Crippen MR) is 69.5 cm³/mol. The van der Waals surface area contributed by atoms with Crippen molar-refractivity contribution in [2.24, 2.45) is 5.92 Å². The van der Waals surface area contributed by atoms with E-state index in [-0.39, 0.29) is 29.8 Å². The minimum absolute atomic E-state index is 0.00896. The van der Waals surface area contributed by atoms with Gasteiger partial charge in [-0.25, -0.2) is 5.48 Å². The van der Waals surface area contributed by atoms with Gasteiger partial charge in [0, 0.05) is 7.05 Å². The van der Waals surface area contributed by atoms with Gasteiger partial charge in [0.05, 0.1) is 12.8 Å². The van der Waals surface area contributed by atoms with Crippen LogP contribution in [0.4, 0.5) is 0 Å². The Bertz CT molecular complexity index is 274. The van der Waals surface area contributed by atoms with Gasteiger partial charge >= 0.3 is 0 Å². The van der Waals surface area contributed by atoms with Crippen molar-refractivity contribution in [2.45, 2.75) is 38.4 Å². The monoisotopic (exact) mass is 278 g/mol. The van der Waals surface area contributed by atoms with Crippen LogP contribution in [0, 0.1) is 5.92 Å². The van der Waals surface area contributed by atoms with Crippen LogP contribution in [0.2, 0.25) is 0 Å². The van der Waals surface area contributed by atoms with E-state index in [4.69, 9.17) is 5.21 Å². The summed E-state index contributed by atoms with van der Waals surface area (Å²) in [5.74, 6) is -0.187. The first-order valence-corrected chi connectivity index (χ1v) is 7.29. The van der Waals surface area contributed by atoms with Crippen LogP contribution >= 0.6 is 0 Å². The second-order valence-corrected chi connectivity index (χ2v) is 6.34. The standard InChI is InChI=1S/C11H22N2O4S/c1-8(2)6-9(7-11(15)13-16)18(17)5-4-10(14)12-3/h8-9,16H,4-7H2,1-3H3,(H,12,14)(H,13,15). The van der Waals surface area contributed by atoms with E-state index in [2.05, 4.69) is 5.32 Å². The summed E-state index contributed by atoms with van der Waals surface area (Å²) in [6, 6.07) is 0. The molecule has 0 bridgehead atoms. The Kier molecular flexibility index (Phi) is 8.78. The Morgan fingerprint density at radius 2 is 1.94 bits per heavy atom. The van der Waals surface area contributed by atoms with E-state index in [1.165, 1.54) is 7.05 Å². The lowest BCUT2D eigenvalue weighted by molar-refractivity contribution is -0.129. The Labute approximate surface area is 111 Å². The molecular formula is C11H22N2O4S. The zero-order chi connectivity index (χ0) is 14.1. The molecule has 0 rings (SSSR count). The van der Waals surface area contributed by atoms with Crippen molar-refractivity contribution < 1.29 is 19.3 Å². The first kappa shape index (κ1) is 17.2. The normalized spacial score (nSPS) is 14.1. The topological polar surface area (TPSA) is 101 Å². The third-order valence-electron chi connectivity index (χ3n) is 2.45. The predicted octanol–water partition coefficient (Wildman–Crippen LogP) is 0.181. The highest BCUT2D eigenvalue weighted by Gasteiger charge is 2.26. The fraction of sp³-hybridized carbons (Fsp3) is 0.818. The minimum Gasteiger partial charge on any atom is -0.616 e. The molecule has 0 saturated heterocycles. The smallest absolute Gasteiger partial charge is 0.248 e. The number of rotatable bonds is 8. The quantitative estimate of drug-likeness (QED) is 0.335. The Balaban J connectivity index is 4.34. The lowest BCUT2D eigenvalue weighted by Gasteiger charge is -2.22. The molecule has 6 nitrogen and oxygen atoms in total. The molecule has 0 aromatic carbocycles. The zero-order valence-corrected chi connectivity index (χ0v) is 11.9. The summed E-state index contributed by atoms with van der Waals surface area (Å²) >= 11 is -1.26. The second-order valence-electron chi connectivity index (χ2n) is 4.50. The molecule has 2 atom stereocenters. The maximum absolute atomic E-state index is 12.0. The van der Waals surface area contributed by atoms with E-state index >= 15 is 0 Å². The van der Waals surface area contributed by atoms with Gasteiger partial charge < -0.3 is 9.87 Å². The van der Waals surface area contributed by atoms with Gasteiger partial charge in [0.2, 0.25) is 11.8 Å². The maximum atomic E-state index is 12.0. The van der Waals surface area contributed by atoms with Crippen molar-refractivity contribution in [1.82, 2.24) is 10.8 Å². The van der Waals surface area contributed by atoms with Gasteiger partial charge in [-0.15, -0.1) is 0 Å². The van der Waals surface area contributed by atoms with E-state index in [1.54, 1.807) is 5.48 Å². The molecule has 7 heteroatoms. The van der Waals surface area contributed by atoms with Gasteiger partial charge in [0.15, 0.2) is 0 Å². The molecule has 3 N–H and O–H groups in total. The van der Waals surface area contributed by atoms with E-state index in [0.29, 0.717) is 12.3 Å². The van der Waals surface area contributed by atoms with Gasteiger partial charge in [-0.1, -0.05) is 13.8 Å². The Hall–Kier alpha value is -0.790. The first-order chi connectivity index (χ1) is 8.40. The van der Waals surface area contributed by atoms with Crippen LogP contribution in [0.1, 0.15) is 33.1 Å². The summed E-state index contributed by atoms with van der Waals surface area (Å²) < 4.78 is 12.0. The van der Waals surface area contributed by atoms with Crippen LogP contribution in [0.5, 0.6) is 0 Å². The largest absolute Gasteiger partial charge is 0.616 e. The van der Waals surface area contributed by atoms with Crippen LogP contribution in [-0.2, 0) is 20.8 Å². The zero-order valence-electron chi connectivity index (χ0n) is 11.1. The highest BCUT2D eigenvalue weighted by molar-refractivity contribution is 7.92. The number of hydroxylamine groups is 1. The average Bonchev–Trinajstić information content (AvgIpc) is 2.33. The van der Waals surface area contributed by atoms with Crippen molar-refractivity contribution in [3.8, 4) is 0 Å². The average molecular weight is 278 g/mol. The molecule has 2 amide bonds. The number of amides is 2. The molecule has 0 aliphatic carbocycles. The summed E-state index contributed by atoms with van der Waals surface area (Å²) in [7, 11) is 1.52. The molecule has 0 aromatic heterocycles. The van der Waals surface area contributed by atoms with Crippen molar-refractivity contribution in [2.75, 3.05) is 12.8 Å². The highest BCUT2D eigenvalue weighted by Crippen LogP contribution is 2.18. The summed E-state index contributed by atoms with van der Waals surface area (Å²) in [6.45, 7) is 3.94. The van der Waals surface area contributed by atoms with Gasteiger partial charge in [0.1, 0.15) is 11.0 Å². The molecular weight excluding hydrogens is 256 g/mol. The Morgan fingerprint density at radius 1 is 1.33 bits per heavy atom. The maximum Gasteiger partial charge on any atom is 0.248 e. The summed E-state index contributed by atoms with van der Waals surface area (Å²) in [5, 5.41) is 10.6. The molecule has 0 aliphatic rings. The number of carbonyl (C=O) groups is 2. The number of hydrogen-bond acceptors (Lipinski definition) is 4. The van der Waals surface area contributed by atoms with E-state index in [9.17, 15) is 14.1 Å². The second kappa shape index (κ2) is 9.18. The third-order valence-corrected chi connectivity index (χ3v) is 4.16. The summed E-state index contributed by atoms with van der Waals surface area (Å²) in [4.78, 5) is 22.2. The van der Waals surface area contributed by atoms with Gasteiger partial charge in [-0.3, -0.25) is 14.8 Å². The van der Waals surface area contributed by atoms with E-state index in [1.807, 2.05) is 13.8 Å². The fourth-order valence-electron chi connectivity index (χ4n) is 1.55. The number of nitrogens with one attached hydrogen (secondary N) is 2. The van der Waals surface area contributed by atoms with Gasteiger partial charge in [-0.05, 0) is 23.5 Å². The third kappa shape index (κ3) is 7.52. The molecule has 0 aromatic rings. The van der Waals surface area contributed by atoms with Crippen LogP contribution in [-0.4, -0.2) is 39.6 Å². The first-order valence-electron chi connectivity index (χ1n) is 5.91. The van der Waals surface area contributed by atoms with Crippen LogP contribution in [0.3, 0.4) is 0 Å². The molecule has 0 saturated carbocycles. The summed E-state index contributed by atoms with van der Waals surface area (Å²) in [6.07, 6.45) is 0.807. The molecule has 18 heavy (non-hydrogen) atoms. The van der Waals surface area contributed by atoms with E-state index in [0.717, 1.165) is 0 Å². The molecule has 0 spiro atoms. The van der Waals surface area contributed by atoms with Crippen molar-refractivity contribution in [3.05, 3.63) is 0 Å². The van der Waals surface area contributed by atoms with Gasteiger partial charge in [0.25, 0.3) is 0 Å². The van der Waals surface area contributed by atoms with Crippen LogP contribution in [0.25, 0.3) is 0 Å². The lowest BCUT2D eigenvalue weighted by Crippen LogP contribution is -2.33.